The molecule has 126 valence electrons. The van der Waals surface area contributed by atoms with Crippen molar-refractivity contribution in [2.24, 2.45) is 5.92 Å². The summed E-state index contributed by atoms with van der Waals surface area (Å²) in [6, 6.07) is 10.7. The van der Waals surface area contributed by atoms with Crippen LogP contribution in [0.25, 0.3) is 0 Å². The Kier molecular flexibility index (Phi) is 4.96. The van der Waals surface area contributed by atoms with Gasteiger partial charge in [-0.05, 0) is 48.7 Å². The monoisotopic (exact) mass is 326 g/mol. The molecule has 1 saturated heterocycles. The van der Waals surface area contributed by atoms with Crippen LogP contribution >= 0.6 is 0 Å². The van der Waals surface area contributed by atoms with Crippen molar-refractivity contribution >= 4 is 11.7 Å². The molecule has 1 aromatic heterocycles. The Labute approximate surface area is 141 Å². The number of hydrogen-bond donors (Lipinski definition) is 3. The van der Waals surface area contributed by atoms with E-state index in [1.165, 1.54) is 6.20 Å². The molecule has 0 radical (unpaired) electrons. The lowest BCUT2D eigenvalue weighted by Gasteiger charge is -2.16. The highest BCUT2D eigenvalue weighted by Crippen LogP contribution is 2.20. The molecule has 1 unspecified atom stereocenters. The van der Waals surface area contributed by atoms with Gasteiger partial charge in [0.1, 0.15) is 11.6 Å². The Bertz CT molecular complexity index is 702. The number of phenolic OH excluding ortho intramolecular Hbond substituents is 1. The zero-order valence-corrected chi connectivity index (χ0v) is 13.5. The maximum absolute atomic E-state index is 12.1. The number of carbonyl (C=O) groups is 1. The second kappa shape index (κ2) is 7.31. The lowest BCUT2D eigenvalue weighted by atomic mass is 10.1. The average Bonchev–Trinajstić information content (AvgIpc) is 3.01. The first-order chi connectivity index (χ1) is 11.6. The average molecular weight is 326 g/mol. The van der Waals surface area contributed by atoms with Crippen LogP contribution in [-0.4, -0.2) is 40.5 Å². The van der Waals surface area contributed by atoms with Crippen LogP contribution in [0.5, 0.6) is 5.75 Å². The van der Waals surface area contributed by atoms with Crippen molar-refractivity contribution in [2.45, 2.75) is 13.0 Å². The number of nitrogens with zero attached hydrogens (tertiary/aromatic N) is 2. The number of phenols is 1. The molecule has 2 heterocycles. The fourth-order valence-electron chi connectivity index (χ4n) is 3.01. The number of amides is 1. The Balaban J connectivity index is 1.46. The Morgan fingerprint density at radius 3 is 3.00 bits per heavy atom. The highest BCUT2D eigenvalue weighted by atomic mass is 16.3. The summed E-state index contributed by atoms with van der Waals surface area (Å²) >= 11 is 0. The lowest BCUT2D eigenvalue weighted by Crippen LogP contribution is -2.31. The van der Waals surface area contributed by atoms with E-state index in [4.69, 9.17) is 5.73 Å². The Hall–Kier alpha value is -2.60. The molecule has 1 aliphatic rings. The highest BCUT2D eigenvalue weighted by molar-refractivity contribution is 5.93. The summed E-state index contributed by atoms with van der Waals surface area (Å²) in [6.45, 7) is 3.41. The number of aromatic hydroxyl groups is 1. The fraction of sp³-hybridized carbons (Fsp3) is 0.333. The van der Waals surface area contributed by atoms with Crippen LogP contribution in [0.4, 0.5) is 5.82 Å². The van der Waals surface area contributed by atoms with Gasteiger partial charge in [-0.3, -0.25) is 9.69 Å². The van der Waals surface area contributed by atoms with Gasteiger partial charge in [-0.2, -0.15) is 0 Å². The first-order valence-electron chi connectivity index (χ1n) is 8.10. The number of pyridine rings is 1. The number of nitrogens with two attached hydrogens (primary N) is 1. The summed E-state index contributed by atoms with van der Waals surface area (Å²) in [4.78, 5) is 18.4. The maximum atomic E-state index is 12.1. The Morgan fingerprint density at radius 2 is 2.25 bits per heavy atom. The van der Waals surface area contributed by atoms with E-state index in [2.05, 4.69) is 15.2 Å². The zero-order chi connectivity index (χ0) is 16.9. The van der Waals surface area contributed by atoms with Gasteiger partial charge in [-0.1, -0.05) is 12.1 Å². The van der Waals surface area contributed by atoms with Gasteiger partial charge in [0.15, 0.2) is 0 Å². The molecule has 1 fully saturated rings. The molecule has 1 atom stereocenters. The SMILES string of the molecule is Nc1ccc(C(=O)NCC2CCN(Cc3cccc(O)c3)C2)cn1. The number of carbonyl (C=O) groups excluding carboxylic acids is 1. The van der Waals surface area contributed by atoms with Crippen molar-refractivity contribution in [2.75, 3.05) is 25.4 Å². The van der Waals surface area contributed by atoms with E-state index in [9.17, 15) is 9.90 Å². The predicted octanol–water partition coefficient (Wildman–Crippen LogP) is 1.62. The second-order valence-electron chi connectivity index (χ2n) is 6.24. The quantitative estimate of drug-likeness (QED) is 0.776. The molecule has 1 aliphatic heterocycles. The number of nitrogen functional groups attached to an aromatic ring is 1. The molecule has 0 aliphatic carbocycles. The topological polar surface area (TPSA) is 91.5 Å². The van der Waals surface area contributed by atoms with E-state index < -0.39 is 0 Å². The minimum atomic E-state index is -0.117. The summed E-state index contributed by atoms with van der Waals surface area (Å²) in [5.41, 5.74) is 7.16. The maximum Gasteiger partial charge on any atom is 0.252 e. The van der Waals surface area contributed by atoms with Crippen molar-refractivity contribution in [1.29, 1.82) is 0 Å². The van der Waals surface area contributed by atoms with E-state index in [0.717, 1.165) is 31.6 Å². The molecule has 0 saturated carbocycles. The molecule has 4 N–H and O–H groups in total. The summed E-state index contributed by atoms with van der Waals surface area (Å²) in [6.07, 6.45) is 2.55. The molecule has 0 bridgehead atoms. The van der Waals surface area contributed by atoms with E-state index in [-0.39, 0.29) is 5.91 Å². The fourth-order valence-corrected chi connectivity index (χ4v) is 3.01. The molecule has 24 heavy (non-hydrogen) atoms. The summed E-state index contributed by atoms with van der Waals surface area (Å²) < 4.78 is 0. The van der Waals surface area contributed by atoms with Crippen LogP contribution < -0.4 is 11.1 Å². The van der Waals surface area contributed by atoms with Gasteiger partial charge in [0, 0.05) is 25.8 Å². The van der Waals surface area contributed by atoms with Crippen molar-refractivity contribution in [1.82, 2.24) is 15.2 Å². The highest BCUT2D eigenvalue weighted by Gasteiger charge is 2.23. The van der Waals surface area contributed by atoms with Crippen LogP contribution in [-0.2, 0) is 6.54 Å². The van der Waals surface area contributed by atoms with Crippen molar-refractivity contribution in [3.05, 3.63) is 53.7 Å². The summed E-state index contributed by atoms with van der Waals surface area (Å²) in [5.74, 6) is 1.03. The number of benzene rings is 1. The van der Waals surface area contributed by atoms with E-state index in [1.54, 1.807) is 24.3 Å². The third-order valence-corrected chi connectivity index (χ3v) is 4.29. The molecule has 0 spiro atoms. The van der Waals surface area contributed by atoms with Crippen LogP contribution in [0.2, 0.25) is 0 Å². The lowest BCUT2D eigenvalue weighted by molar-refractivity contribution is 0.0947. The van der Waals surface area contributed by atoms with Crippen molar-refractivity contribution in [3.8, 4) is 5.75 Å². The third kappa shape index (κ3) is 4.23. The molecule has 6 heteroatoms. The molecular weight excluding hydrogens is 304 g/mol. The number of aromatic nitrogens is 1. The van der Waals surface area contributed by atoms with Gasteiger partial charge in [0.05, 0.1) is 5.56 Å². The standard InChI is InChI=1S/C18H22N4O2/c19-17-5-4-15(10-20-17)18(24)21-9-14-6-7-22(12-14)11-13-2-1-3-16(23)8-13/h1-5,8,10,14,23H,6-7,9,11-12H2,(H2,19,20)(H,21,24). The molecule has 1 aromatic carbocycles. The van der Waals surface area contributed by atoms with Crippen LogP contribution in [0.3, 0.4) is 0 Å². The van der Waals surface area contributed by atoms with Gasteiger partial charge < -0.3 is 16.2 Å². The van der Waals surface area contributed by atoms with Gasteiger partial charge in [-0.25, -0.2) is 4.98 Å². The number of hydrogen-bond acceptors (Lipinski definition) is 5. The van der Waals surface area contributed by atoms with Gasteiger partial charge in [0.25, 0.3) is 5.91 Å². The first-order valence-corrected chi connectivity index (χ1v) is 8.10. The molecular formula is C18H22N4O2. The second-order valence-corrected chi connectivity index (χ2v) is 6.24. The predicted molar refractivity (Wildman–Crippen MR) is 92.5 cm³/mol. The largest absolute Gasteiger partial charge is 0.508 e. The van der Waals surface area contributed by atoms with Crippen LogP contribution in [0, 0.1) is 5.92 Å². The number of likely N-dealkylation sites (tertiary alicyclic amines) is 1. The van der Waals surface area contributed by atoms with E-state index in [0.29, 0.717) is 29.6 Å². The van der Waals surface area contributed by atoms with Gasteiger partial charge in [0.2, 0.25) is 0 Å². The number of rotatable bonds is 5. The minimum absolute atomic E-state index is 0.117. The van der Waals surface area contributed by atoms with E-state index >= 15 is 0 Å². The first kappa shape index (κ1) is 16.3. The Morgan fingerprint density at radius 1 is 1.38 bits per heavy atom. The van der Waals surface area contributed by atoms with Crippen LogP contribution in [0.15, 0.2) is 42.6 Å². The van der Waals surface area contributed by atoms with Crippen LogP contribution in [0.1, 0.15) is 22.3 Å². The third-order valence-electron chi connectivity index (χ3n) is 4.29. The normalized spacial score (nSPS) is 17.8. The number of anilines is 1. The number of nitrogens with one attached hydrogen (secondary N) is 1. The van der Waals surface area contributed by atoms with Gasteiger partial charge >= 0.3 is 0 Å². The molecule has 1 amide bonds. The van der Waals surface area contributed by atoms with E-state index in [1.807, 2.05) is 12.1 Å². The van der Waals surface area contributed by atoms with Crippen molar-refractivity contribution in [3.63, 3.8) is 0 Å². The minimum Gasteiger partial charge on any atom is -0.508 e. The van der Waals surface area contributed by atoms with Crippen molar-refractivity contribution < 1.29 is 9.90 Å². The van der Waals surface area contributed by atoms with Gasteiger partial charge in [-0.15, -0.1) is 0 Å². The zero-order valence-electron chi connectivity index (χ0n) is 13.5. The summed E-state index contributed by atoms with van der Waals surface area (Å²) in [7, 11) is 0. The molecule has 3 rings (SSSR count). The smallest absolute Gasteiger partial charge is 0.252 e. The summed E-state index contributed by atoms with van der Waals surface area (Å²) in [5, 5.41) is 12.5. The molecule has 2 aromatic rings. The molecule has 6 nitrogen and oxygen atoms in total.